The Labute approximate surface area is 197 Å². The van der Waals surface area contributed by atoms with E-state index in [-0.39, 0.29) is 5.78 Å². The molecule has 32 heavy (non-hydrogen) atoms. The van der Waals surface area contributed by atoms with Gasteiger partial charge >= 0.3 is 0 Å². The molecular weight excluding hydrogens is 445 g/mol. The fourth-order valence-corrected chi connectivity index (χ4v) is 4.43. The molecule has 0 fully saturated rings. The molecule has 0 N–H and O–H groups in total. The third kappa shape index (κ3) is 4.14. The Bertz CT molecular complexity index is 1230. The van der Waals surface area contributed by atoms with E-state index in [4.69, 9.17) is 32.7 Å². The number of Topliss-reactive ketones (excluding diaryl/α,β-unsaturated/α-hetero) is 1. The van der Waals surface area contributed by atoms with Crippen molar-refractivity contribution in [1.29, 1.82) is 0 Å². The van der Waals surface area contributed by atoms with E-state index in [1.54, 1.807) is 18.2 Å². The van der Waals surface area contributed by atoms with E-state index in [9.17, 15) is 4.79 Å². The summed E-state index contributed by atoms with van der Waals surface area (Å²) in [6.45, 7) is 3.89. The summed E-state index contributed by atoms with van der Waals surface area (Å²) in [7, 11) is 0. The molecule has 2 aliphatic heterocycles. The van der Waals surface area contributed by atoms with Crippen molar-refractivity contribution in [3.63, 3.8) is 0 Å². The molecule has 0 saturated carbocycles. The second kappa shape index (κ2) is 8.62. The minimum absolute atomic E-state index is 0.112. The van der Waals surface area contributed by atoms with Gasteiger partial charge in [0.25, 0.3) is 0 Å². The highest BCUT2D eigenvalue weighted by Gasteiger charge is 2.35. The summed E-state index contributed by atoms with van der Waals surface area (Å²) in [4.78, 5) is 15.3. The second-order valence-electron chi connectivity index (χ2n) is 8.07. The van der Waals surface area contributed by atoms with Crippen LogP contribution in [0.15, 0.2) is 60.4 Å². The average Bonchev–Trinajstić information content (AvgIpc) is 3.10. The summed E-state index contributed by atoms with van der Waals surface area (Å²) < 4.78 is 12.1. The molecule has 0 aliphatic carbocycles. The van der Waals surface area contributed by atoms with Crippen LogP contribution in [-0.4, -0.2) is 24.0 Å². The Hall–Kier alpha value is -2.79. The Morgan fingerprint density at radius 2 is 1.88 bits per heavy atom. The molecule has 0 spiro atoms. The van der Waals surface area contributed by atoms with Gasteiger partial charge in [-0.2, -0.15) is 0 Å². The highest BCUT2D eigenvalue weighted by molar-refractivity contribution is 6.31. The third-order valence-electron chi connectivity index (χ3n) is 5.76. The number of benzene rings is 3. The quantitative estimate of drug-likeness (QED) is 0.423. The summed E-state index contributed by atoms with van der Waals surface area (Å²) >= 11 is 12.1. The van der Waals surface area contributed by atoms with E-state index in [0.29, 0.717) is 35.4 Å². The first-order chi connectivity index (χ1) is 15.5. The molecule has 5 rings (SSSR count). The van der Waals surface area contributed by atoms with Crippen molar-refractivity contribution < 1.29 is 14.3 Å². The number of ketones is 1. The summed E-state index contributed by atoms with van der Waals surface area (Å²) in [5.74, 6) is 1.57. The number of hydrogen-bond donors (Lipinski definition) is 0. The molecule has 4 nitrogen and oxygen atoms in total. The number of halogens is 2. The zero-order chi connectivity index (χ0) is 22.2. The van der Waals surface area contributed by atoms with Gasteiger partial charge in [0.15, 0.2) is 5.76 Å². The van der Waals surface area contributed by atoms with Crippen LogP contribution >= 0.6 is 23.2 Å². The van der Waals surface area contributed by atoms with Gasteiger partial charge in [0.2, 0.25) is 5.78 Å². The van der Waals surface area contributed by atoms with Crippen molar-refractivity contribution in [2.75, 3.05) is 13.3 Å². The van der Waals surface area contributed by atoms with Crippen LogP contribution in [0.1, 0.15) is 32.6 Å². The van der Waals surface area contributed by atoms with Crippen LogP contribution < -0.4 is 9.47 Å². The molecule has 0 aromatic heterocycles. The lowest BCUT2D eigenvalue weighted by molar-refractivity contribution is 0.0949. The number of rotatable bonds is 4. The van der Waals surface area contributed by atoms with Crippen LogP contribution in [0.3, 0.4) is 0 Å². The van der Waals surface area contributed by atoms with Crippen molar-refractivity contribution >= 4 is 35.1 Å². The Morgan fingerprint density at radius 1 is 1.06 bits per heavy atom. The van der Waals surface area contributed by atoms with E-state index in [1.807, 2.05) is 49.4 Å². The predicted molar refractivity (Wildman–Crippen MR) is 127 cm³/mol. The number of carbonyl (C=O) groups is 1. The molecule has 3 aromatic rings. The van der Waals surface area contributed by atoms with Crippen LogP contribution in [0.4, 0.5) is 0 Å². The van der Waals surface area contributed by atoms with Gasteiger partial charge in [-0.1, -0.05) is 47.5 Å². The third-order valence-corrected chi connectivity index (χ3v) is 6.25. The maximum Gasteiger partial charge on any atom is 0.232 e. The fraction of sp³-hybridized carbons (Fsp3) is 0.192. The molecule has 0 unspecified atom stereocenters. The molecule has 162 valence electrons. The van der Waals surface area contributed by atoms with E-state index >= 15 is 0 Å². The number of aryl methyl sites for hydroxylation is 1. The number of allylic oxidation sites excluding steroid dienone is 1. The van der Waals surface area contributed by atoms with Gasteiger partial charge in [-0.15, -0.1) is 0 Å². The van der Waals surface area contributed by atoms with Crippen LogP contribution in [0.2, 0.25) is 10.0 Å². The topological polar surface area (TPSA) is 38.8 Å². The van der Waals surface area contributed by atoms with E-state index in [0.717, 1.165) is 40.4 Å². The molecule has 0 atom stereocenters. The predicted octanol–water partition coefficient (Wildman–Crippen LogP) is 6.31. The molecule has 0 radical (unpaired) electrons. The number of fused-ring (bicyclic) bond motifs is 3. The Balaban J connectivity index is 1.39. The lowest BCUT2D eigenvalue weighted by Gasteiger charge is -2.30. The SMILES string of the molecule is Cc1cc2c(c3c1C(=O)/C(=C\c1cccc(Cl)c1)O3)CN(CCc1ccc(Cl)cc1)CO2. The minimum atomic E-state index is -0.112. The number of hydrogen-bond acceptors (Lipinski definition) is 4. The molecule has 0 saturated heterocycles. The van der Waals surface area contributed by atoms with Crippen molar-refractivity contribution in [1.82, 2.24) is 4.90 Å². The highest BCUT2D eigenvalue weighted by Crippen LogP contribution is 2.44. The fourth-order valence-electron chi connectivity index (χ4n) is 4.11. The lowest BCUT2D eigenvalue weighted by Crippen LogP contribution is -2.33. The summed E-state index contributed by atoms with van der Waals surface area (Å²) in [5, 5.41) is 1.35. The van der Waals surface area contributed by atoms with Gasteiger partial charge in [-0.25, -0.2) is 0 Å². The first-order valence-electron chi connectivity index (χ1n) is 10.4. The van der Waals surface area contributed by atoms with Gasteiger partial charge in [-0.3, -0.25) is 9.69 Å². The molecular formula is C26H21Cl2NO3. The molecule has 0 amide bonds. The van der Waals surface area contributed by atoms with Crippen molar-refractivity contribution in [3.8, 4) is 11.5 Å². The summed E-state index contributed by atoms with van der Waals surface area (Å²) in [6.07, 6.45) is 2.62. The van der Waals surface area contributed by atoms with Crippen molar-refractivity contribution in [2.24, 2.45) is 0 Å². The second-order valence-corrected chi connectivity index (χ2v) is 8.94. The number of ether oxygens (including phenoxy) is 2. The van der Waals surface area contributed by atoms with E-state index < -0.39 is 0 Å². The lowest BCUT2D eigenvalue weighted by atomic mass is 9.98. The minimum Gasteiger partial charge on any atom is -0.478 e. The van der Waals surface area contributed by atoms with Gasteiger partial charge in [0.1, 0.15) is 18.2 Å². The van der Waals surface area contributed by atoms with E-state index in [2.05, 4.69) is 4.90 Å². The maximum absolute atomic E-state index is 13.1. The maximum atomic E-state index is 13.1. The average molecular weight is 466 g/mol. The smallest absolute Gasteiger partial charge is 0.232 e. The molecule has 0 bridgehead atoms. The molecule has 3 aromatic carbocycles. The standard InChI is InChI=1S/C26H21Cl2NO3/c1-16-11-22-21(14-29(15-31-22)10-9-17-5-7-19(27)8-6-17)26-24(16)25(30)23(32-26)13-18-3-2-4-20(28)12-18/h2-8,11-13H,9-10,14-15H2,1H3/b23-13+. The first kappa shape index (κ1) is 21.1. The van der Waals surface area contributed by atoms with Crippen LogP contribution in [0, 0.1) is 6.92 Å². The van der Waals surface area contributed by atoms with Gasteiger partial charge in [0, 0.05) is 23.1 Å². The molecule has 2 aliphatic rings. The summed E-state index contributed by atoms with van der Waals surface area (Å²) in [5.41, 5.74) is 4.41. The van der Waals surface area contributed by atoms with Gasteiger partial charge in [0.05, 0.1) is 11.1 Å². The Kier molecular flexibility index (Phi) is 5.68. The summed E-state index contributed by atoms with van der Waals surface area (Å²) in [6, 6.07) is 17.2. The largest absolute Gasteiger partial charge is 0.478 e. The zero-order valence-electron chi connectivity index (χ0n) is 17.5. The number of nitrogens with zero attached hydrogens (tertiary/aromatic N) is 1. The zero-order valence-corrected chi connectivity index (χ0v) is 19.0. The Morgan fingerprint density at radius 3 is 2.66 bits per heavy atom. The number of carbonyl (C=O) groups excluding carboxylic acids is 1. The normalized spacial score (nSPS) is 16.5. The highest BCUT2D eigenvalue weighted by atomic mass is 35.5. The van der Waals surface area contributed by atoms with Crippen LogP contribution in [0.5, 0.6) is 11.5 Å². The van der Waals surface area contributed by atoms with E-state index in [1.165, 1.54) is 5.56 Å². The van der Waals surface area contributed by atoms with Crippen LogP contribution in [0.25, 0.3) is 6.08 Å². The van der Waals surface area contributed by atoms with Crippen molar-refractivity contribution in [3.05, 3.63) is 98.2 Å². The first-order valence-corrected chi connectivity index (χ1v) is 11.2. The van der Waals surface area contributed by atoms with Crippen molar-refractivity contribution in [2.45, 2.75) is 19.9 Å². The molecule has 6 heteroatoms. The monoisotopic (exact) mass is 465 g/mol. The van der Waals surface area contributed by atoms with Gasteiger partial charge < -0.3 is 9.47 Å². The van der Waals surface area contributed by atoms with Gasteiger partial charge in [-0.05, 0) is 66.4 Å². The van der Waals surface area contributed by atoms with Crippen LogP contribution in [-0.2, 0) is 13.0 Å². The molecule has 2 heterocycles.